The van der Waals surface area contributed by atoms with Crippen molar-refractivity contribution in [3.05, 3.63) is 52.6 Å². The summed E-state index contributed by atoms with van der Waals surface area (Å²) in [7, 11) is -4.76. The second kappa shape index (κ2) is 10.0. The molecule has 198 valence electrons. The predicted octanol–water partition coefficient (Wildman–Crippen LogP) is 6.61. The van der Waals surface area contributed by atoms with Crippen molar-refractivity contribution >= 4 is 16.1 Å². The monoisotopic (exact) mass is 527 g/mol. The Balaban J connectivity index is 2.01. The average Bonchev–Trinajstić information content (AvgIpc) is 3.23. The smallest absolute Gasteiger partial charge is 0.419 e. The summed E-state index contributed by atoms with van der Waals surface area (Å²) in [5.41, 5.74) is -1.49. The Kier molecular flexibility index (Phi) is 7.81. The Morgan fingerprint density at radius 3 is 2.14 bits per heavy atom. The number of halogens is 3. The van der Waals surface area contributed by atoms with Crippen LogP contribution in [0, 0.1) is 12.8 Å². The molecule has 2 aromatic carbocycles. The maximum Gasteiger partial charge on any atom is 0.419 e. The van der Waals surface area contributed by atoms with Gasteiger partial charge in [-0.25, -0.2) is 13.2 Å². The number of ether oxygens (including phenoxy) is 2. The summed E-state index contributed by atoms with van der Waals surface area (Å²) in [6, 6.07) is 5.30. The highest BCUT2D eigenvalue weighted by molar-refractivity contribution is 7.85. The molecule has 0 bridgehead atoms. The Morgan fingerprint density at radius 1 is 1.03 bits per heavy atom. The van der Waals surface area contributed by atoms with Crippen LogP contribution in [0.5, 0.6) is 11.5 Å². The fourth-order valence-corrected chi connectivity index (χ4v) is 5.48. The number of benzene rings is 2. The van der Waals surface area contributed by atoms with Crippen LogP contribution in [0.2, 0.25) is 0 Å². The summed E-state index contributed by atoms with van der Waals surface area (Å²) in [4.78, 5) is 12.5. The van der Waals surface area contributed by atoms with Crippen molar-refractivity contribution in [2.45, 2.75) is 82.9 Å². The van der Waals surface area contributed by atoms with Gasteiger partial charge in [-0.2, -0.15) is 13.2 Å². The lowest BCUT2D eigenvalue weighted by molar-refractivity contribution is -0.140. The molecule has 0 saturated heterocycles. The lowest BCUT2D eigenvalue weighted by atomic mass is 9.88. The van der Waals surface area contributed by atoms with Crippen LogP contribution in [0.25, 0.3) is 0 Å². The molecule has 0 unspecified atom stereocenters. The summed E-state index contributed by atoms with van der Waals surface area (Å²) >= 11 is 0. The SMILES string of the molecule is Cc1cc(S(=O)(=O)[O-])c(C(C)C)cc1OC(=O)c1ccc(C(F)(F)F)c(OC2(C(C)C)CCCC2)c1. The van der Waals surface area contributed by atoms with E-state index in [-0.39, 0.29) is 34.3 Å². The molecule has 36 heavy (non-hydrogen) atoms. The number of aryl methyl sites for hydroxylation is 1. The van der Waals surface area contributed by atoms with Gasteiger partial charge in [0.25, 0.3) is 0 Å². The fourth-order valence-electron chi connectivity index (χ4n) is 4.57. The number of esters is 1. The Hall–Kier alpha value is -2.59. The number of alkyl halides is 3. The van der Waals surface area contributed by atoms with E-state index in [1.54, 1.807) is 13.8 Å². The van der Waals surface area contributed by atoms with Crippen LogP contribution >= 0.6 is 0 Å². The van der Waals surface area contributed by atoms with Gasteiger partial charge in [-0.15, -0.1) is 0 Å². The highest BCUT2D eigenvalue weighted by Gasteiger charge is 2.42. The van der Waals surface area contributed by atoms with Gasteiger partial charge in [0.1, 0.15) is 27.2 Å². The van der Waals surface area contributed by atoms with Crippen molar-refractivity contribution in [3.63, 3.8) is 0 Å². The molecule has 0 aliphatic heterocycles. The Bertz CT molecular complexity index is 1240. The minimum atomic E-state index is -4.76. The highest BCUT2D eigenvalue weighted by Crippen LogP contribution is 2.44. The van der Waals surface area contributed by atoms with Crippen LogP contribution in [0.3, 0.4) is 0 Å². The number of hydrogen-bond donors (Lipinski definition) is 0. The summed E-state index contributed by atoms with van der Waals surface area (Å²) in [5, 5.41) is 0. The van der Waals surface area contributed by atoms with E-state index in [1.807, 2.05) is 13.8 Å². The molecule has 2 aromatic rings. The van der Waals surface area contributed by atoms with Gasteiger partial charge in [-0.1, -0.05) is 27.7 Å². The van der Waals surface area contributed by atoms with E-state index in [2.05, 4.69) is 0 Å². The summed E-state index contributed by atoms with van der Waals surface area (Å²) < 4.78 is 87.7. The molecule has 1 saturated carbocycles. The fraction of sp³-hybridized carbons (Fsp3) is 0.500. The van der Waals surface area contributed by atoms with E-state index in [0.717, 1.165) is 37.1 Å². The van der Waals surface area contributed by atoms with E-state index in [9.17, 15) is 30.9 Å². The molecular weight excluding hydrogens is 497 g/mol. The first kappa shape index (κ1) is 28.0. The van der Waals surface area contributed by atoms with E-state index in [1.165, 1.54) is 13.0 Å². The maximum atomic E-state index is 13.8. The van der Waals surface area contributed by atoms with Crippen molar-refractivity contribution < 1.29 is 40.4 Å². The van der Waals surface area contributed by atoms with Crippen molar-refractivity contribution in [1.29, 1.82) is 0 Å². The van der Waals surface area contributed by atoms with Crippen molar-refractivity contribution in [3.8, 4) is 11.5 Å². The van der Waals surface area contributed by atoms with Crippen molar-refractivity contribution in [1.82, 2.24) is 0 Å². The van der Waals surface area contributed by atoms with Gasteiger partial charge in [0.2, 0.25) is 0 Å². The van der Waals surface area contributed by atoms with Crippen LogP contribution in [0.1, 0.15) is 86.3 Å². The second-order valence-corrected chi connectivity index (χ2v) is 11.2. The second-order valence-electron chi connectivity index (χ2n) is 9.89. The third kappa shape index (κ3) is 5.86. The summed E-state index contributed by atoms with van der Waals surface area (Å²) in [6.45, 7) is 8.63. The topological polar surface area (TPSA) is 92.7 Å². The minimum absolute atomic E-state index is 0.00732. The van der Waals surface area contributed by atoms with Gasteiger partial charge >= 0.3 is 12.1 Å². The van der Waals surface area contributed by atoms with Crippen LogP contribution < -0.4 is 9.47 Å². The Labute approximate surface area is 209 Å². The quantitative estimate of drug-likeness (QED) is 0.229. The average molecular weight is 528 g/mol. The lowest BCUT2D eigenvalue weighted by Gasteiger charge is -2.35. The molecule has 0 N–H and O–H groups in total. The molecule has 0 amide bonds. The molecule has 1 aliphatic carbocycles. The van der Waals surface area contributed by atoms with E-state index in [4.69, 9.17) is 9.47 Å². The molecule has 3 rings (SSSR count). The Morgan fingerprint density at radius 2 is 1.64 bits per heavy atom. The number of rotatable bonds is 7. The van der Waals surface area contributed by atoms with Gasteiger partial charge < -0.3 is 14.0 Å². The molecule has 0 spiro atoms. The largest absolute Gasteiger partial charge is 0.744 e. The molecule has 0 radical (unpaired) electrons. The lowest BCUT2D eigenvalue weighted by Crippen LogP contribution is -2.39. The highest BCUT2D eigenvalue weighted by atomic mass is 32.2. The molecule has 10 heteroatoms. The van der Waals surface area contributed by atoms with E-state index in [0.29, 0.717) is 12.8 Å². The van der Waals surface area contributed by atoms with Gasteiger partial charge in [0.05, 0.1) is 16.0 Å². The molecular formula is C26H30F3O6S-. The van der Waals surface area contributed by atoms with Crippen LogP contribution in [-0.4, -0.2) is 24.5 Å². The van der Waals surface area contributed by atoms with Crippen molar-refractivity contribution in [2.24, 2.45) is 5.92 Å². The first-order chi connectivity index (χ1) is 16.5. The van der Waals surface area contributed by atoms with Gasteiger partial charge in [-0.3, -0.25) is 0 Å². The van der Waals surface area contributed by atoms with Crippen LogP contribution in [0.15, 0.2) is 35.2 Å². The zero-order chi connectivity index (χ0) is 27.1. The van der Waals surface area contributed by atoms with Gasteiger partial charge in [0.15, 0.2) is 0 Å². The third-order valence-corrected chi connectivity index (χ3v) is 7.63. The van der Waals surface area contributed by atoms with Crippen LogP contribution in [0.4, 0.5) is 13.2 Å². The standard InChI is InChI=1S/C26H31F3O6S/c1-15(2)19-14-21(17(5)12-23(19)36(31,32)33)34-24(30)18-8-9-20(26(27,28)29)22(13-18)35-25(16(3)4)10-6-7-11-25/h8-9,12-16H,6-7,10-11H2,1-5H3,(H,31,32,33)/p-1. The maximum absolute atomic E-state index is 13.8. The van der Waals surface area contributed by atoms with Crippen molar-refractivity contribution in [2.75, 3.05) is 0 Å². The number of hydrogen-bond acceptors (Lipinski definition) is 6. The minimum Gasteiger partial charge on any atom is -0.744 e. The predicted molar refractivity (Wildman–Crippen MR) is 126 cm³/mol. The van der Waals surface area contributed by atoms with E-state index < -0.39 is 44.1 Å². The first-order valence-electron chi connectivity index (χ1n) is 11.8. The molecule has 0 aromatic heterocycles. The zero-order valence-corrected chi connectivity index (χ0v) is 21.7. The summed E-state index contributed by atoms with van der Waals surface area (Å²) in [5.74, 6) is -1.77. The van der Waals surface area contributed by atoms with Gasteiger partial charge in [-0.05, 0) is 85.9 Å². The molecule has 0 atom stereocenters. The van der Waals surface area contributed by atoms with Gasteiger partial charge in [0, 0.05) is 0 Å². The zero-order valence-electron chi connectivity index (χ0n) is 20.9. The molecule has 1 aliphatic rings. The normalized spacial score (nSPS) is 16.0. The van der Waals surface area contributed by atoms with Crippen LogP contribution in [-0.2, 0) is 16.3 Å². The molecule has 0 heterocycles. The first-order valence-corrected chi connectivity index (χ1v) is 13.2. The molecule has 6 nitrogen and oxygen atoms in total. The summed E-state index contributed by atoms with van der Waals surface area (Å²) in [6.07, 6.45) is -1.77. The third-order valence-electron chi connectivity index (χ3n) is 6.74. The van der Waals surface area contributed by atoms with E-state index >= 15 is 0 Å². The number of carbonyl (C=O) groups excluding carboxylic acids is 1. The molecule has 1 fully saturated rings. The number of carbonyl (C=O) groups is 1.